The van der Waals surface area contributed by atoms with Gasteiger partial charge in [0.2, 0.25) is 0 Å². The topological polar surface area (TPSA) is 30.5 Å². The Bertz CT molecular complexity index is 472. The van der Waals surface area contributed by atoms with Crippen molar-refractivity contribution in [1.82, 2.24) is 5.32 Å². The molecule has 2 aliphatic rings. The molecule has 1 saturated heterocycles. The minimum atomic E-state index is 0.249. The van der Waals surface area contributed by atoms with Crippen LogP contribution in [0.1, 0.15) is 32.8 Å². The van der Waals surface area contributed by atoms with Crippen LogP contribution in [0.3, 0.4) is 0 Å². The molecule has 3 rings (SSSR count). The van der Waals surface area contributed by atoms with Gasteiger partial charge in [-0.15, -0.1) is 0 Å². The van der Waals surface area contributed by atoms with Crippen LogP contribution in [0.15, 0.2) is 24.3 Å². The van der Waals surface area contributed by atoms with Crippen molar-refractivity contribution >= 4 is 0 Å². The molecule has 3 nitrogen and oxygen atoms in total. The van der Waals surface area contributed by atoms with Crippen LogP contribution in [-0.4, -0.2) is 25.4 Å². The lowest BCUT2D eigenvalue weighted by molar-refractivity contribution is -0.113. The first-order valence-corrected chi connectivity index (χ1v) is 7.69. The Hall–Kier alpha value is -1.06. The monoisotopic (exact) mass is 275 g/mol. The van der Waals surface area contributed by atoms with Gasteiger partial charge in [-0.3, -0.25) is 0 Å². The standard InChI is InChI=1S/C17H25NO2/c1-4-19-13-7-5-6-12(10-13)11-18-15-14-8-9-20-16(14)17(15,2)3/h5-7,10,14-16,18H,4,8-9,11H2,1-3H3. The highest BCUT2D eigenvalue weighted by atomic mass is 16.5. The lowest BCUT2D eigenvalue weighted by Crippen LogP contribution is -2.65. The molecule has 0 radical (unpaired) electrons. The van der Waals surface area contributed by atoms with Crippen LogP contribution in [-0.2, 0) is 11.3 Å². The highest BCUT2D eigenvalue weighted by molar-refractivity contribution is 5.28. The van der Waals surface area contributed by atoms with Gasteiger partial charge in [0.1, 0.15) is 5.75 Å². The van der Waals surface area contributed by atoms with Crippen LogP contribution in [0.4, 0.5) is 0 Å². The van der Waals surface area contributed by atoms with Crippen molar-refractivity contribution < 1.29 is 9.47 Å². The summed E-state index contributed by atoms with van der Waals surface area (Å²) in [6.07, 6.45) is 1.65. The van der Waals surface area contributed by atoms with E-state index in [4.69, 9.17) is 9.47 Å². The number of hydrogen-bond acceptors (Lipinski definition) is 3. The lowest BCUT2D eigenvalue weighted by atomic mass is 9.57. The van der Waals surface area contributed by atoms with Gasteiger partial charge < -0.3 is 14.8 Å². The molecule has 1 aromatic carbocycles. The summed E-state index contributed by atoms with van der Waals surface area (Å²) in [5.41, 5.74) is 1.53. The van der Waals surface area contributed by atoms with Crippen molar-refractivity contribution in [1.29, 1.82) is 0 Å². The predicted octanol–water partition coefficient (Wildman–Crippen LogP) is 2.99. The first-order chi connectivity index (χ1) is 9.63. The second-order valence-corrected chi connectivity index (χ2v) is 6.50. The van der Waals surface area contributed by atoms with Gasteiger partial charge in [0.05, 0.1) is 12.7 Å². The minimum Gasteiger partial charge on any atom is -0.494 e. The summed E-state index contributed by atoms with van der Waals surface area (Å²) in [6.45, 7) is 9.19. The van der Waals surface area contributed by atoms with E-state index in [1.165, 1.54) is 12.0 Å². The molecule has 1 saturated carbocycles. The van der Waals surface area contributed by atoms with Crippen molar-refractivity contribution in [2.24, 2.45) is 11.3 Å². The van der Waals surface area contributed by atoms with Gasteiger partial charge >= 0.3 is 0 Å². The van der Waals surface area contributed by atoms with Gasteiger partial charge in [-0.1, -0.05) is 26.0 Å². The molecule has 1 aromatic rings. The Morgan fingerprint density at radius 3 is 3.05 bits per heavy atom. The maximum Gasteiger partial charge on any atom is 0.119 e. The first kappa shape index (κ1) is 13.9. The fraction of sp³-hybridized carbons (Fsp3) is 0.647. The van der Waals surface area contributed by atoms with Gasteiger partial charge in [-0.2, -0.15) is 0 Å². The Labute approximate surface area is 121 Å². The summed E-state index contributed by atoms with van der Waals surface area (Å²) in [4.78, 5) is 0. The molecular weight excluding hydrogens is 250 g/mol. The molecule has 0 aromatic heterocycles. The van der Waals surface area contributed by atoms with E-state index in [0.29, 0.717) is 24.7 Å². The van der Waals surface area contributed by atoms with Crippen molar-refractivity contribution in [2.45, 2.75) is 45.9 Å². The van der Waals surface area contributed by atoms with Gasteiger partial charge in [0.15, 0.2) is 0 Å². The fourth-order valence-corrected chi connectivity index (χ4v) is 3.88. The molecule has 1 N–H and O–H groups in total. The van der Waals surface area contributed by atoms with E-state index in [0.717, 1.165) is 18.9 Å². The molecule has 1 heterocycles. The van der Waals surface area contributed by atoms with Crippen molar-refractivity contribution in [3.63, 3.8) is 0 Å². The minimum absolute atomic E-state index is 0.249. The number of hydrogen-bond donors (Lipinski definition) is 1. The second kappa shape index (κ2) is 5.38. The van der Waals surface area contributed by atoms with Gasteiger partial charge in [-0.05, 0) is 31.0 Å². The molecular formula is C17H25NO2. The molecule has 20 heavy (non-hydrogen) atoms. The van der Waals surface area contributed by atoms with Gasteiger partial charge in [0, 0.05) is 30.5 Å². The third kappa shape index (κ3) is 2.33. The molecule has 3 atom stereocenters. The van der Waals surface area contributed by atoms with Crippen LogP contribution in [0, 0.1) is 11.3 Å². The lowest BCUT2D eigenvalue weighted by Gasteiger charge is -2.55. The summed E-state index contributed by atoms with van der Waals surface area (Å²) in [5.74, 6) is 1.65. The van der Waals surface area contributed by atoms with E-state index >= 15 is 0 Å². The van der Waals surface area contributed by atoms with Crippen molar-refractivity contribution in [2.75, 3.05) is 13.2 Å². The number of benzene rings is 1. The maximum atomic E-state index is 5.84. The molecule has 3 heteroatoms. The summed E-state index contributed by atoms with van der Waals surface area (Å²) >= 11 is 0. The fourth-order valence-electron chi connectivity index (χ4n) is 3.88. The zero-order valence-electron chi connectivity index (χ0n) is 12.7. The quantitative estimate of drug-likeness (QED) is 0.896. The largest absolute Gasteiger partial charge is 0.494 e. The highest BCUT2D eigenvalue weighted by Crippen LogP contribution is 2.52. The Morgan fingerprint density at radius 2 is 2.25 bits per heavy atom. The third-order valence-corrected chi connectivity index (χ3v) is 4.84. The highest BCUT2D eigenvalue weighted by Gasteiger charge is 2.58. The Balaban J connectivity index is 1.61. The SMILES string of the molecule is CCOc1cccc(CNC2C3CCOC3C2(C)C)c1. The van der Waals surface area contributed by atoms with Crippen molar-refractivity contribution in [3.8, 4) is 5.75 Å². The molecule has 0 bridgehead atoms. The van der Waals surface area contributed by atoms with Crippen LogP contribution < -0.4 is 10.1 Å². The van der Waals surface area contributed by atoms with E-state index in [1.807, 2.05) is 13.0 Å². The average molecular weight is 275 g/mol. The van der Waals surface area contributed by atoms with Crippen LogP contribution in [0.5, 0.6) is 5.75 Å². The summed E-state index contributed by atoms with van der Waals surface area (Å²) in [6, 6.07) is 8.93. The van der Waals surface area contributed by atoms with Crippen LogP contribution in [0.2, 0.25) is 0 Å². The van der Waals surface area contributed by atoms with Gasteiger partial charge in [-0.25, -0.2) is 0 Å². The van der Waals surface area contributed by atoms with Crippen LogP contribution in [0.25, 0.3) is 0 Å². The van der Waals surface area contributed by atoms with E-state index in [2.05, 4.69) is 37.4 Å². The molecule has 1 aliphatic heterocycles. The van der Waals surface area contributed by atoms with Crippen LogP contribution >= 0.6 is 0 Å². The average Bonchev–Trinajstić information content (AvgIpc) is 2.86. The molecule has 3 unspecified atom stereocenters. The second-order valence-electron chi connectivity index (χ2n) is 6.50. The zero-order valence-corrected chi connectivity index (χ0v) is 12.7. The Morgan fingerprint density at radius 1 is 1.40 bits per heavy atom. The molecule has 0 amide bonds. The molecule has 2 fully saturated rings. The number of fused-ring (bicyclic) bond motifs is 1. The summed E-state index contributed by atoms with van der Waals surface area (Å²) in [7, 11) is 0. The molecule has 1 aliphatic carbocycles. The normalized spacial score (nSPS) is 30.6. The summed E-state index contributed by atoms with van der Waals surface area (Å²) < 4.78 is 11.4. The molecule has 0 spiro atoms. The van der Waals surface area contributed by atoms with E-state index in [-0.39, 0.29) is 5.41 Å². The zero-order chi connectivity index (χ0) is 14.2. The van der Waals surface area contributed by atoms with Gasteiger partial charge in [0.25, 0.3) is 0 Å². The summed E-state index contributed by atoms with van der Waals surface area (Å²) in [5, 5.41) is 3.73. The Kier molecular flexibility index (Phi) is 3.74. The number of nitrogens with one attached hydrogen (secondary N) is 1. The first-order valence-electron chi connectivity index (χ1n) is 7.69. The van der Waals surface area contributed by atoms with Crippen molar-refractivity contribution in [3.05, 3.63) is 29.8 Å². The smallest absolute Gasteiger partial charge is 0.119 e. The third-order valence-electron chi connectivity index (χ3n) is 4.84. The van der Waals surface area contributed by atoms with E-state index < -0.39 is 0 Å². The number of rotatable bonds is 5. The predicted molar refractivity (Wildman–Crippen MR) is 79.9 cm³/mol. The van der Waals surface area contributed by atoms with E-state index in [1.54, 1.807) is 0 Å². The number of ether oxygens (including phenoxy) is 2. The maximum absolute atomic E-state index is 5.84. The molecule has 110 valence electrons. The van der Waals surface area contributed by atoms with E-state index in [9.17, 15) is 0 Å².